The highest BCUT2D eigenvalue weighted by atomic mass is 32.1. The summed E-state index contributed by atoms with van der Waals surface area (Å²) < 4.78 is 5.75. The average Bonchev–Trinajstić information content (AvgIpc) is 2.54. The minimum atomic E-state index is -1.71. The normalized spacial score (nSPS) is 11.8. The smallest absolute Gasteiger partial charge is 0.264 e. The molecule has 15 heavy (non-hydrogen) atoms. The molecule has 1 aromatic heterocycles. The quantitative estimate of drug-likeness (QED) is 0.529. The molecule has 0 saturated heterocycles. The molecule has 3 heteroatoms. The zero-order chi connectivity index (χ0) is 11.5. The molecule has 0 bridgehead atoms. The Bertz CT molecular complexity index is 363. The summed E-state index contributed by atoms with van der Waals surface area (Å²) in [4.78, 5) is 1.06. The van der Waals surface area contributed by atoms with Crippen molar-refractivity contribution >= 4 is 19.7 Å². The van der Waals surface area contributed by atoms with Crippen LogP contribution in [0.3, 0.4) is 0 Å². The highest BCUT2D eigenvalue weighted by molar-refractivity contribution is 7.10. The van der Waals surface area contributed by atoms with Crippen LogP contribution in [0, 0.1) is 12.0 Å². The molecule has 0 aliphatic heterocycles. The van der Waals surface area contributed by atoms with Crippen molar-refractivity contribution in [3.63, 3.8) is 0 Å². The lowest BCUT2D eigenvalue weighted by molar-refractivity contribution is 0.461. The molecule has 1 rings (SSSR count). The fourth-order valence-electron chi connectivity index (χ4n) is 0.706. The SMILES string of the molecule is CC(C)(C)[Si](C)(C)OC#Cc1cccs1. The third kappa shape index (κ3) is 3.40. The number of thiophene rings is 1. The van der Waals surface area contributed by atoms with Gasteiger partial charge in [0.25, 0.3) is 8.32 Å². The number of hydrogen-bond donors (Lipinski definition) is 0. The van der Waals surface area contributed by atoms with Crippen LogP contribution in [0.15, 0.2) is 17.5 Å². The van der Waals surface area contributed by atoms with E-state index in [1.165, 1.54) is 0 Å². The van der Waals surface area contributed by atoms with E-state index in [1.807, 2.05) is 17.5 Å². The Labute approximate surface area is 97.6 Å². The highest BCUT2D eigenvalue weighted by Gasteiger charge is 2.38. The molecule has 0 saturated carbocycles. The molecule has 1 aromatic rings. The molecule has 0 unspecified atom stereocenters. The molecule has 1 heterocycles. The minimum absolute atomic E-state index is 0.219. The van der Waals surface area contributed by atoms with Crippen molar-refractivity contribution < 1.29 is 4.43 Å². The van der Waals surface area contributed by atoms with E-state index in [4.69, 9.17) is 4.43 Å². The van der Waals surface area contributed by atoms with Crippen LogP contribution in [0.5, 0.6) is 0 Å². The maximum Gasteiger partial charge on any atom is 0.264 e. The van der Waals surface area contributed by atoms with Gasteiger partial charge in [-0.2, -0.15) is 0 Å². The molecule has 0 amide bonds. The molecule has 0 fully saturated rings. The Morgan fingerprint density at radius 3 is 2.47 bits per heavy atom. The molecule has 0 spiro atoms. The van der Waals surface area contributed by atoms with E-state index in [9.17, 15) is 0 Å². The lowest BCUT2D eigenvalue weighted by atomic mass is 10.2. The zero-order valence-electron chi connectivity index (χ0n) is 10.0. The fraction of sp³-hybridized carbons (Fsp3) is 0.500. The zero-order valence-corrected chi connectivity index (χ0v) is 11.9. The number of rotatable bonds is 1. The van der Waals surface area contributed by atoms with Gasteiger partial charge >= 0.3 is 0 Å². The first-order valence-electron chi connectivity index (χ1n) is 5.05. The molecule has 82 valence electrons. The topological polar surface area (TPSA) is 9.23 Å². The van der Waals surface area contributed by atoms with Gasteiger partial charge in [-0.15, -0.1) is 11.3 Å². The van der Waals surface area contributed by atoms with Gasteiger partial charge < -0.3 is 4.43 Å². The van der Waals surface area contributed by atoms with Crippen LogP contribution in [0.1, 0.15) is 25.6 Å². The Hall–Kier alpha value is -0.723. The van der Waals surface area contributed by atoms with E-state index in [1.54, 1.807) is 11.3 Å². The second kappa shape index (κ2) is 4.42. The van der Waals surface area contributed by atoms with Crippen molar-refractivity contribution in [3.05, 3.63) is 22.4 Å². The van der Waals surface area contributed by atoms with Gasteiger partial charge in [-0.3, -0.25) is 0 Å². The van der Waals surface area contributed by atoms with E-state index in [2.05, 4.69) is 45.9 Å². The van der Waals surface area contributed by atoms with E-state index >= 15 is 0 Å². The Morgan fingerprint density at radius 2 is 2.00 bits per heavy atom. The third-order valence-electron chi connectivity index (χ3n) is 2.81. The van der Waals surface area contributed by atoms with E-state index in [0.29, 0.717) is 0 Å². The summed E-state index contributed by atoms with van der Waals surface area (Å²) in [6.07, 6.45) is 2.86. The molecule has 0 aliphatic rings. The van der Waals surface area contributed by atoms with Gasteiger partial charge in [-0.25, -0.2) is 0 Å². The van der Waals surface area contributed by atoms with Gasteiger partial charge in [-0.05, 0) is 35.5 Å². The lowest BCUT2D eigenvalue weighted by Gasteiger charge is -2.33. The van der Waals surface area contributed by atoms with Crippen molar-refractivity contribution in [2.24, 2.45) is 0 Å². The predicted molar refractivity (Wildman–Crippen MR) is 69.5 cm³/mol. The summed E-state index contributed by atoms with van der Waals surface area (Å²) in [6.45, 7) is 11.1. The summed E-state index contributed by atoms with van der Waals surface area (Å²) in [7, 11) is -1.71. The van der Waals surface area contributed by atoms with Gasteiger partial charge in [0, 0.05) is 0 Å². The molecule has 0 aromatic carbocycles. The molecule has 1 nitrogen and oxygen atoms in total. The average molecular weight is 238 g/mol. The second-order valence-corrected chi connectivity index (χ2v) is 10.7. The summed E-state index contributed by atoms with van der Waals surface area (Å²) in [5.74, 6) is 3.03. The van der Waals surface area contributed by atoms with Crippen molar-refractivity contribution in [1.82, 2.24) is 0 Å². The maximum absolute atomic E-state index is 5.75. The second-order valence-electron chi connectivity index (χ2n) is 5.07. The lowest BCUT2D eigenvalue weighted by Crippen LogP contribution is -2.39. The summed E-state index contributed by atoms with van der Waals surface area (Å²) in [5, 5.41) is 2.24. The van der Waals surface area contributed by atoms with E-state index in [-0.39, 0.29) is 5.04 Å². The van der Waals surface area contributed by atoms with Gasteiger partial charge in [0.1, 0.15) is 6.11 Å². The van der Waals surface area contributed by atoms with Crippen LogP contribution >= 0.6 is 11.3 Å². The molecular formula is C12H18OSSi. The highest BCUT2D eigenvalue weighted by Crippen LogP contribution is 2.36. The van der Waals surface area contributed by atoms with Gasteiger partial charge in [0.2, 0.25) is 0 Å². The third-order valence-corrected chi connectivity index (χ3v) is 7.82. The van der Waals surface area contributed by atoms with Crippen LogP contribution in [0.4, 0.5) is 0 Å². The van der Waals surface area contributed by atoms with Crippen molar-refractivity contribution in [2.75, 3.05) is 0 Å². The fourth-order valence-corrected chi connectivity index (χ4v) is 1.88. The van der Waals surface area contributed by atoms with Gasteiger partial charge in [0.15, 0.2) is 0 Å². The maximum atomic E-state index is 5.75. The van der Waals surface area contributed by atoms with Crippen molar-refractivity contribution in [1.29, 1.82) is 0 Å². The van der Waals surface area contributed by atoms with E-state index < -0.39 is 8.32 Å². The van der Waals surface area contributed by atoms with Gasteiger partial charge in [-0.1, -0.05) is 26.8 Å². The van der Waals surface area contributed by atoms with Crippen molar-refractivity contribution in [2.45, 2.75) is 38.9 Å². The molecule has 0 N–H and O–H groups in total. The Kier molecular flexibility index (Phi) is 3.64. The Morgan fingerprint density at radius 1 is 1.33 bits per heavy atom. The monoisotopic (exact) mass is 238 g/mol. The van der Waals surface area contributed by atoms with Crippen molar-refractivity contribution in [3.8, 4) is 12.0 Å². The molecule has 0 aliphatic carbocycles. The largest absolute Gasteiger partial charge is 0.500 e. The first-order chi connectivity index (χ1) is 6.83. The van der Waals surface area contributed by atoms with Crippen LogP contribution in [-0.4, -0.2) is 8.32 Å². The van der Waals surface area contributed by atoms with Crippen LogP contribution in [-0.2, 0) is 4.43 Å². The standard InChI is InChI=1S/C12H18OSSi/c1-12(2,3)15(4,5)13-9-8-11-7-6-10-14-11/h6-7,10H,1-5H3. The molecule has 0 radical (unpaired) electrons. The summed E-state index contributed by atoms with van der Waals surface area (Å²) >= 11 is 1.64. The predicted octanol–water partition coefficient (Wildman–Crippen LogP) is 4.08. The first-order valence-corrected chi connectivity index (χ1v) is 8.84. The molecular weight excluding hydrogens is 220 g/mol. The number of hydrogen-bond acceptors (Lipinski definition) is 2. The van der Waals surface area contributed by atoms with Crippen LogP contribution < -0.4 is 0 Å². The first kappa shape index (κ1) is 12.3. The Balaban J connectivity index is 2.64. The molecule has 0 atom stereocenters. The van der Waals surface area contributed by atoms with Gasteiger partial charge in [0.05, 0.1) is 4.88 Å². The summed E-state index contributed by atoms with van der Waals surface area (Å²) in [6, 6.07) is 4.01. The summed E-state index contributed by atoms with van der Waals surface area (Å²) in [5.41, 5.74) is 0. The minimum Gasteiger partial charge on any atom is -0.500 e. The van der Waals surface area contributed by atoms with Crippen LogP contribution in [0.25, 0.3) is 0 Å². The van der Waals surface area contributed by atoms with Crippen LogP contribution in [0.2, 0.25) is 18.1 Å². The van der Waals surface area contributed by atoms with E-state index in [0.717, 1.165) is 4.88 Å².